The predicted molar refractivity (Wildman–Crippen MR) is 141 cm³/mol. The van der Waals surface area contributed by atoms with E-state index >= 15 is 0 Å². The van der Waals surface area contributed by atoms with Gasteiger partial charge < -0.3 is 19.9 Å². The lowest BCUT2D eigenvalue weighted by atomic mass is 9.84. The third kappa shape index (κ3) is 6.66. The standard InChI is InChI=1S/C28H32ClF2N3O5/c1-28(2,3)39-21(35)13-15-6-8-16(9-7-15)32-27(38)25(36)24-23(29)22(20-5-4-12-34(20)24)26(37)33-17-10-11-18(30)19(31)14-17/h10-11,14-16H,4-9,12-13H2,1-3H3,(H,32,38)(H,33,37). The van der Waals surface area contributed by atoms with Crippen LogP contribution >= 0.6 is 11.6 Å². The van der Waals surface area contributed by atoms with Crippen molar-refractivity contribution in [1.82, 2.24) is 9.88 Å². The predicted octanol–water partition coefficient (Wildman–Crippen LogP) is 5.21. The van der Waals surface area contributed by atoms with E-state index in [2.05, 4.69) is 10.6 Å². The monoisotopic (exact) mass is 563 g/mol. The van der Waals surface area contributed by atoms with Crippen LogP contribution in [0.2, 0.25) is 5.02 Å². The van der Waals surface area contributed by atoms with Crippen molar-refractivity contribution >= 4 is 40.9 Å². The van der Waals surface area contributed by atoms with Gasteiger partial charge in [-0.15, -0.1) is 0 Å². The number of nitrogens with zero attached hydrogens (tertiary/aromatic N) is 1. The molecule has 1 aliphatic heterocycles. The molecule has 1 aromatic carbocycles. The maximum atomic E-state index is 13.6. The molecule has 1 aromatic heterocycles. The smallest absolute Gasteiger partial charge is 0.306 e. The lowest BCUT2D eigenvalue weighted by Crippen LogP contribution is -2.42. The van der Waals surface area contributed by atoms with Crippen molar-refractivity contribution < 1.29 is 32.7 Å². The number of benzene rings is 1. The molecule has 8 nitrogen and oxygen atoms in total. The Morgan fingerprint density at radius 2 is 1.77 bits per heavy atom. The topological polar surface area (TPSA) is 106 Å². The summed E-state index contributed by atoms with van der Waals surface area (Å²) in [5, 5.41) is 5.12. The maximum Gasteiger partial charge on any atom is 0.306 e. The molecule has 0 unspecified atom stereocenters. The zero-order valence-corrected chi connectivity index (χ0v) is 22.9. The number of Topliss-reactive ketones (excluding diaryl/α,β-unsaturated/α-hetero) is 1. The molecule has 2 amide bonds. The van der Waals surface area contributed by atoms with E-state index in [1.54, 1.807) is 4.57 Å². The second-order valence-electron chi connectivity index (χ2n) is 11.1. The second kappa shape index (κ2) is 11.5. The van der Waals surface area contributed by atoms with E-state index in [1.807, 2.05) is 20.8 Å². The van der Waals surface area contributed by atoms with Gasteiger partial charge in [-0.2, -0.15) is 0 Å². The molecule has 1 saturated carbocycles. The van der Waals surface area contributed by atoms with Gasteiger partial charge in [-0.1, -0.05) is 11.6 Å². The van der Waals surface area contributed by atoms with E-state index in [9.17, 15) is 28.0 Å². The number of anilines is 1. The molecule has 2 heterocycles. The van der Waals surface area contributed by atoms with Crippen molar-refractivity contribution in [3.05, 3.63) is 51.8 Å². The molecule has 1 fully saturated rings. The Kier molecular flexibility index (Phi) is 8.44. The van der Waals surface area contributed by atoms with Crippen molar-refractivity contribution in [3.8, 4) is 0 Å². The van der Waals surface area contributed by atoms with Gasteiger partial charge in [-0.25, -0.2) is 8.78 Å². The molecule has 0 saturated heterocycles. The van der Waals surface area contributed by atoms with E-state index in [1.165, 1.54) is 6.07 Å². The third-order valence-electron chi connectivity index (χ3n) is 6.99. The van der Waals surface area contributed by atoms with Gasteiger partial charge in [0, 0.05) is 36.5 Å². The number of nitrogens with one attached hydrogen (secondary N) is 2. The van der Waals surface area contributed by atoms with Crippen molar-refractivity contribution in [1.29, 1.82) is 0 Å². The molecule has 0 bridgehead atoms. The van der Waals surface area contributed by atoms with Crippen molar-refractivity contribution in [2.45, 2.75) is 83.9 Å². The number of ether oxygens (including phenoxy) is 1. The van der Waals surface area contributed by atoms with Gasteiger partial charge in [0.2, 0.25) is 0 Å². The van der Waals surface area contributed by atoms with Crippen molar-refractivity contribution in [2.24, 2.45) is 5.92 Å². The molecule has 4 rings (SSSR count). The molecule has 2 N–H and O–H groups in total. The van der Waals surface area contributed by atoms with Crippen LogP contribution in [0, 0.1) is 17.6 Å². The molecule has 1 aliphatic carbocycles. The summed E-state index contributed by atoms with van der Waals surface area (Å²) in [6.45, 7) is 5.88. The second-order valence-corrected chi connectivity index (χ2v) is 11.5. The Hall–Kier alpha value is -3.27. The third-order valence-corrected chi connectivity index (χ3v) is 7.36. The van der Waals surface area contributed by atoms with Gasteiger partial charge in [0.15, 0.2) is 11.6 Å². The van der Waals surface area contributed by atoms with Gasteiger partial charge in [-0.3, -0.25) is 19.2 Å². The fourth-order valence-corrected chi connectivity index (χ4v) is 5.64. The number of esters is 1. The highest BCUT2D eigenvalue weighted by molar-refractivity contribution is 6.48. The van der Waals surface area contributed by atoms with E-state index < -0.39 is 34.8 Å². The normalized spacial score (nSPS) is 18.8. The molecule has 0 atom stereocenters. The summed E-state index contributed by atoms with van der Waals surface area (Å²) in [5.74, 6) is -4.59. The summed E-state index contributed by atoms with van der Waals surface area (Å²) in [7, 11) is 0. The molecule has 2 aliphatic rings. The van der Waals surface area contributed by atoms with Crippen LogP contribution in [0.15, 0.2) is 18.2 Å². The lowest BCUT2D eigenvalue weighted by Gasteiger charge is -2.29. The number of fused-ring (bicyclic) bond motifs is 1. The SMILES string of the molecule is CC(C)(C)OC(=O)CC1CCC(NC(=O)C(=O)c2c(Cl)c(C(=O)Nc3ccc(F)c(F)c3)c3n2CCC3)CC1. The molecule has 2 aromatic rings. The Morgan fingerprint density at radius 3 is 2.41 bits per heavy atom. The molecule has 11 heteroatoms. The highest BCUT2D eigenvalue weighted by Crippen LogP contribution is 2.34. The van der Waals surface area contributed by atoms with Crippen LogP contribution in [0.4, 0.5) is 14.5 Å². The summed E-state index contributed by atoms with van der Waals surface area (Å²) < 4.78 is 33.8. The van der Waals surface area contributed by atoms with E-state index in [0.29, 0.717) is 57.2 Å². The van der Waals surface area contributed by atoms with E-state index in [4.69, 9.17) is 16.3 Å². The molecule has 0 radical (unpaired) electrons. The molecular formula is C28H32ClF2N3O5. The highest BCUT2D eigenvalue weighted by atomic mass is 35.5. The first-order chi connectivity index (χ1) is 18.3. The summed E-state index contributed by atoms with van der Waals surface area (Å²) in [6, 6.07) is 2.72. The van der Waals surface area contributed by atoms with Crippen LogP contribution in [-0.4, -0.2) is 39.8 Å². The fourth-order valence-electron chi connectivity index (χ4n) is 5.25. The number of amides is 2. The minimum Gasteiger partial charge on any atom is -0.460 e. The average molecular weight is 564 g/mol. The van der Waals surface area contributed by atoms with Gasteiger partial charge in [0.05, 0.1) is 10.6 Å². The summed E-state index contributed by atoms with van der Waals surface area (Å²) in [4.78, 5) is 51.3. The summed E-state index contributed by atoms with van der Waals surface area (Å²) in [5.41, 5.74) is -0.0180. The average Bonchev–Trinajstić information content (AvgIpc) is 3.40. The molecule has 39 heavy (non-hydrogen) atoms. The van der Waals surface area contributed by atoms with E-state index in [-0.39, 0.29) is 39.9 Å². The van der Waals surface area contributed by atoms with Crippen LogP contribution in [0.5, 0.6) is 0 Å². The minimum absolute atomic E-state index is 0.0285. The van der Waals surface area contributed by atoms with Crippen LogP contribution in [-0.2, 0) is 27.3 Å². The van der Waals surface area contributed by atoms with Crippen molar-refractivity contribution in [2.75, 3.05) is 5.32 Å². The fraction of sp³-hybridized carbons (Fsp3) is 0.500. The number of carbonyl (C=O) groups excluding carboxylic acids is 4. The van der Waals surface area contributed by atoms with Gasteiger partial charge in [-0.05, 0) is 77.3 Å². The van der Waals surface area contributed by atoms with Crippen LogP contribution in [0.3, 0.4) is 0 Å². The Morgan fingerprint density at radius 1 is 1.08 bits per heavy atom. The first kappa shape index (κ1) is 28.7. The highest BCUT2D eigenvalue weighted by Gasteiger charge is 2.35. The first-order valence-electron chi connectivity index (χ1n) is 13.1. The molecule has 210 valence electrons. The Bertz CT molecular complexity index is 1310. The Balaban J connectivity index is 1.41. The van der Waals surface area contributed by atoms with Gasteiger partial charge in [0.25, 0.3) is 17.6 Å². The van der Waals surface area contributed by atoms with Gasteiger partial charge >= 0.3 is 5.97 Å². The summed E-state index contributed by atoms with van der Waals surface area (Å²) >= 11 is 6.50. The number of hydrogen-bond donors (Lipinski definition) is 2. The zero-order chi connectivity index (χ0) is 28.5. The molecular weight excluding hydrogens is 532 g/mol. The van der Waals surface area contributed by atoms with Gasteiger partial charge in [0.1, 0.15) is 11.3 Å². The minimum atomic E-state index is -1.12. The zero-order valence-electron chi connectivity index (χ0n) is 22.2. The number of ketones is 1. The van der Waals surface area contributed by atoms with Crippen LogP contribution in [0.25, 0.3) is 0 Å². The van der Waals surface area contributed by atoms with Crippen LogP contribution < -0.4 is 10.6 Å². The number of aromatic nitrogens is 1. The number of rotatable bonds is 7. The first-order valence-corrected chi connectivity index (χ1v) is 13.5. The van der Waals surface area contributed by atoms with Crippen molar-refractivity contribution in [3.63, 3.8) is 0 Å². The molecule has 0 spiro atoms. The maximum absolute atomic E-state index is 13.6. The summed E-state index contributed by atoms with van der Waals surface area (Å²) in [6.07, 6.45) is 4.11. The van der Waals surface area contributed by atoms with E-state index in [0.717, 1.165) is 12.1 Å². The number of hydrogen-bond acceptors (Lipinski definition) is 5. The number of halogens is 3. The van der Waals surface area contributed by atoms with Crippen LogP contribution in [0.1, 0.15) is 85.8 Å². The Labute approximate surface area is 230 Å². The largest absolute Gasteiger partial charge is 0.460 e. The number of carbonyl (C=O) groups is 4. The quantitative estimate of drug-likeness (QED) is 0.273. The lowest BCUT2D eigenvalue weighted by molar-refractivity contribution is -0.156.